The predicted octanol–water partition coefficient (Wildman–Crippen LogP) is -2.10. The number of aliphatic carboxylic acids is 2. The first-order valence-corrected chi connectivity index (χ1v) is 48.0. The first-order valence-electron chi connectivity index (χ1n) is 48.0. The highest BCUT2D eigenvalue weighted by atomic mass is 16.4. The van der Waals surface area contributed by atoms with E-state index < -0.39 is 248 Å². The van der Waals surface area contributed by atoms with Crippen LogP contribution in [0.15, 0.2) is 164 Å². The molecule has 0 spiro atoms. The van der Waals surface area contributed by atoms with Crippen LogP contribution in [-0.4, -0.2) is 281 Å². The number of aromatic amines is 2. The maximum atomic E-state index is 15.3. The van der Waals surface area contributed by atoms with Gasteiger partial charge in [-0.1, -0.05) is 145 Å². The van der Waals surface area contributed by atoms with Gasteiger partial charge in [0, 0.05) is 72.7 Å². The minimum absolute atomic E-state index is 0.0846. The predicted molar refractivity (Wildman–Crippen MR) is 534 cm³/mol. The molecule has 0 bridgehead atoms. The van der Waals surface area contributed by atoms with Crippen molar-refractivity contribution in [1.82, 2.24) is 89.7 Å². The third-order valence-electron chi connectivity index (χ3n) is 24.2. The second-order valence-electron chi connectivity index (χ2n) is 36.7. The number of phenolic OH excluding ortho intramolecular Hbond substituents is 3. The van der Waals surface area contributed by atoms with E-state index >= 15 is 14.4 Å². The number of carboxylic acid groups (broad SMARTS) is 2. The van der Waals surface area contributed by atoms with Crippen LogP contribution >= 0.6 is 0 Å². The number of carbonyl (C=O) groups is 17. The van der Waals surface area contributed by atoms with Gasteiger partial charge < -0.3 is 148 Å². The molecule has 0 fully saturated rings. The monoisotopic (exact) mass is 2030 g/mol. The Kier molecular flexibility index (Phi) is 45.3. The van der Waals surface area contributed by atoms with Crippen LogP contribution in [-0.2, 0) is 120 Å². The third-order valence-corrected chi connectivity index (χ3v) is 24.2. The molecule has 0 saturated carbocycles. The van der Waals surface area contributed by atoms with Crippen molar-refractivity contribution in [1.29, 1.82) is 0 Å². The van der Waals surface area contributed by atoms with Gasteiger partial charge in [0.05, 0.1) is 38.3 Å². The number of phenols is 3. The Hall–Kier alpha value is -15.5. The van der Waals surface area contributed by atoms with Gasteiger partial charge in [-0.2, -0.15) is 0 Å². The fourth-order valence-electron chi connectivity index (χ4n) is 15.9. The molecule has 8 rings (SSSR count). The Balaban J connectivity index is 0.968. The van der Waals surface area contributed by atoms with Gasteiger partial charge in [-0.3, -0.25) is 76.7 Å². The summed E-state index contributed by atoms with van der Waals surface area (Å²) < 4.78 is 0. The van der Waals surface area contributed by atoms with Gasteiger partial charge in [0.15, 0.2) is 0 Å². The number of aliphatic hydroxyl groups excluding tert-OH is 3. The molecule has 788 valence electrons. The molecule has 0 aliphatic heterocycles. The van der Waals surface area contributed by atoms with Crippen molar-refractivity contribution in [2.75, 3.05) is 32.8 Å². The summed E-state index contributed by atoms with van der Waals surface area (Å²) in [6.07, 6.45) is -0.282. The molecule has 15 amide bonds. The molecular weight excluding hydrogens is 1890 g/mol. The lowest BCUT2D eigenvalue weighted by molar-refractivity contribution is -0.142. The van der Waals surface area contributed by atoms with Crippen LogP contribution in [0.2, 0.25) is 0 Å². The molecule has 146 heavy (non-hydrogen) atoms. The largest absolute Gasteiger partial charge is 0.508 e. The van der Waals surface area contributed by atoms with Crippen LogP contribution in [0.3, 0.4) is 0 Å². The quantitative estimate of drug-likeness (QED) is 0.0182. The van der Waals surface area contributed by atoms with Gasteiger partial charge in [-0.05, 0) is 158 Å². The summed E-state index contributed by atoms with van der Waals surface area (Å²) in [6, 6.07) is 14.5. The number of fused-ring (bicyclic) bond motifs is 2. The number of rotatable bonds is 59. The van der Waals surface area contributed by atoms with E-state index in [1.54, 1.807) is 105 Å². The highest BCUT2D eigenvalue weighted by Crippen LogP contribution is 2.25. The van der Waals surface area contributed by atoms with E-state index in [-0.39, 0.29) is 100 Å². The van der Waals surface area contributed by atoms with Gasteiger partial charge in [0.25, 0.3) is 0 Å². The van der Waals surface area contributed by atoms with Crippen LogP contribution in [0.5, 0.6) is 17.2 Å². The van der Waals surface area contributed by atoms with Gasteiger partial charge in [0.2, 0.25) is 88.6 Å². The van der Waals surface area contributed by atoms with Crippen molar-refractivity contribution >= 4 is 122 Å². The lowest BCUT2D eigenvalue weighted by atomic mass is 9.99. The molecule has 6 aromatic carbocycles. The van der Waals surface area contributed by atoms with E-state index in [0.717, 1.165) is 6.92 Å². The standard InChI is InChI=1S/C101H134N20O25/c1-53(2)83(118-81(128)50-107-87(131)68(104)47-82(129)130)97(141)114-77(46-62-49-106-70-24-14-12-22-67(62)70)92(136)108-72(26-16-18-40-103)89(133)119-84(54(3)4)98(142)117-80(52-123)96(140)112-75(43-59-29-35-64(126)36-30-59)94(138)121-86(56(7)124)100(144)120-85(55(5)6)99(143)116-79(51-122)95(139)109-71(25-15-17-39-102)88(132)110-74(42-58-27-33-63(125)34-28-58)90(134)113-76(45-61-48-105-69-23-13-11-21-66(61)69)93(137)111-73(41-57-19-9-8-10-20-57)91(135)115-78(101(145)146)44-60-31-37-65(127)38-32-60/h8-14,19-24,27-38,48-49,53-56,68,71-80,83-86,105-106,122-127H,15-18,25-26,39-47,50-52,102-104H2,1-7H3,(H,107,131)(H,108,136)(H,109,139)(H,110,132)(H,111,137)(H,112,140)(H,113,134)(H,114,141)(H,115,135)(H,116,143)(H,117,142)(H,118,128)(H,119,133)(H,120,144)(H,121,138)(H,129,130)(H,145,146)/t56-,68+,71+,72+,73+,74+,75+,76+,77+,78+,79+,80+,83+,84+,85+,86+/m1/s1. The smallest absolute Gasteiger partial charge is 0.326 e. The van der Waals surface area contributed by atoms with Crippen molar-refractivity contribution in [2.45, 2.75) is 229 Å². The Morgan fingerprint density at radius 2 is 0.603 bits per heavy atom. The second-order valence-corrected chi connectivity index (χ2v) is 36.7. The molecule has 45 heteroatoms. The molecule has 0 saturated heterocycles. The summed E-state index contributed by atoms with van der Waals surface area (Å²) >= 11 is 0. The fraction of sp³-hybridized carbons (Fsp3) is 0.436. The molecule has 0 unspecified atom stereocenters. The summed E-state index contributed by atoms with van der Waals surface area (Å²) in [7, 11) is 0. The molecule has 2 aromatic heterocycles. The summed E-state index contributed by atoms with van der Waals surface area (Å²) in [5.41, 5.74) is 21.4. The van der Waals surface area contributed by atoms with E-state index in [1.807, 2.05) is 0 Å². The van der Waals surface area contributed by atoms with Gasteiger partial charge in [-0.25, -0.2) is 4.79 Å². The maximum absolute atomic E-state index is 15.3. The zero-order chi connectivity index (χ0) is 107. The zero-order valence-electron chi connectivity index (χ0n) is 82.0. The molecule has 0 aliphatic rings. The number of H-pyrrole nitrogens is 2. The molecular formula is C101H134N20O25. The Morgan fingerprint density at radius 3 is 0.966 bits per heavy atom. The number of benzene rings is 6. The van der Waals surface area contributed by atoms with E-state index in [9.17, 15) is 103 Å². The van der Waals surface area contributed by atoms with Crippen LogP contribution in [0.1, 0.15) is 127 Å². The first kappa shape index (κ1) is 116. The van der Waals surface area contributed by atoms with Crippen molar-refractivity contribution in [3.63, 3.8) is 0 Å². The van der Waals surface area contributed by atoms with Gasteiger partial charge in [-0.15, -0.1) is 0 Å². The number of aliphatic hydroxyl groups is 3. The number of amides is 15. The number of aromatic hydroxyl groups is 3. The first-order chi connectivity index (χ1) is 69.5. The number of nitrogens with two attached hydrogens (primary N) is 3. The van der Waals surface area contributed by atoms with E-state index in [0.29, 0.717) is 56.0 Å². The Bertz CT molecular complexity index is 5780. The van der Waals surface area contributed by atoms with Crippen molar-refractivity contribution in [2.24, 2.45) is 35.0 Å². The van der Waals surface area contributed by atoms with Crippen molar-refractivity contribution in [3.8, 4) is 17.2 Å². The molecule has 31 N–H and O–H groups in total. The SMILES string of the molecule is CC(C)[C@H](NC(=O)CNC(=O)[C@@H](N)CC(=O)O)C(=O)N[C@@H](Cc1c[nH]c2ccccc12)C(=O)N[C@@H](CCCCN)C(=O)N[C@H](C(=O)N[C@@H](CO)C(=O)N[C@@H](Cc1ccc(O)cc1)C(=O)N[C@H](C(=O)N[C@H](C(=O)N[C@@H](CO)C(=O)N[C@@H](CCCCN)C(=O)N[C@@H](Cc1ccc(O)cc1)C(=O)N[C@@H](Cc1c[nH]c2ccccc12)C(=O)N[C@@H](Cc1ccccc1)C(=O)N[C@@H](Cc1ccc(O)cc1)C(=O)O)C(C)C)[C@@H](C)O)C(C)C. The van der Waals surface area contributed by atoms with Crippen LogP contribution in [0.25, 0.3) is 21.8 Å². The number of nitrogens with one attached hydrogen (secondary N) is 17. The zero-order valence-corrected chi connectivity index (χ0v) is 82.0. The lowest BCUT2D eigenvalue weighted by Gasteiger charge is -2.30. The fourth-order valence-corrected chi connectivity index (χ4v) is 15.9. The molecule has 45 nitrogen and oxygen atoms in total. The number of hydrogen-bond donors (Lipinski definition) is 28. The maximum Gasteiger partial charge on any atom is 0.326 e. The lowest BCUT2D eigenvalue weighted by Crippen LogP contribution is -2.63. The number of unbranched alkanes of at least 4 members (excludes halogenated alkanes) is 2. The Labute approximate surface area is 841 Å². The van der Waals surface area contributed by atoms with Crippen molar-refractivity contribution in [3.05, 3.63) is 197 Å². The number of carbonyl (C=O) groups excluding carboxylic acids is 15. The summed E-state index contributed by atoms with van der Waals surface area (Å²) in [4.78, 5) is 247. The Morgan fingerprint density at radius 1 is 0.315 bits per heavy atom. The number of carboxylic acids is 2. The molecule has 8 aromatic rings. The van der Waals surface area contributed by atoms with Crippen LogP contribution in [0, 0.1) is 17.8 Å². The summed E-state index contributed by atoms with van der Waals surface area (Å²) in [6.45, 7) is 7.47. The molecule has 16 atom stereocenters. The second kappa shape index (κ2) is 57.1. The van der Waals surface area contributed by atoms with Crippen LogP contribution in [0.4, 0.5) is 0 Å². The van der Waals surface area contributed by atoms with Gasteiger partial charge in [0.1, 0.15) is 102 Å². The minimum atomic E-state index is -1.99. The topological polar surface area (TPSA) is 742 Å². The molecule has 2 heterocycles. The summed E-state index contributed by atoms with van der Waals surface area (Å²) in [5, 5.41) is 122. The number of hydrogen-bond acceptors (Lipinski definition) is 26. The minimum Gasteiger partial charge on any atom is -0.508 e. The third kappa shape index (κ3) is 35.8. The van der Waals surface area contributed by atoms with E-state index in [4.69, 9.17) is 22.3 Å². The number of para-hydroxylation sites is 2. The highest BCUT2D eigenvalue weighted by molar-refractivity contribution is 6.02. The van der Waals surface area contributed by atoms with Crippen LogP contribution < -0.4 is 97.0 Å². The van der Waals surface area contributed by atoms with E-state index in [2.05, 4.69) is 89.7 Å². The molecule has 0 radical (unpaired) electrons. The van der Waals surface area contributed by atoms with Crippen molar-refractivity contribution < 1.29 is 122 Å². The summed E-state index contributed by atoms with van der Waals surface area (Å²) in [5.74, 6) is -21.1. The van der Waals surface area contributed by atoms with E-state index in [1.165, 1.54) is 100 Å². The highest BCUT2D eigenvalue weighted by Gasteiger charge is 2.41. The number of aromatic nitrogens is 2. The average molecular weight is 2030 g/mol. The average Bonchev–Trinajstić information content (AvgIpc) is 1.66. The normalized spacial score (nSPS) is 14.6. The van der Waals surface area contributed by atoms with Gasteiger partial charge >= 0.3 is 11.9 Å². The molecule has 0 aliphatic carbocycles.